The largest absolute Gasteiger partial charge is 0.348 e. The number of anilines is 1. The fraction of sp³-hybridized carbons (Fsp3) is 0.400. The molecule has 0 bridgehead atoms. The van der Waals surface area contributed by atoms with Gasteiger partial charge in [0.2, 0.25) is 0 Å². The number of carbonyl (C=O) groups is 1. The van der Waals surface area contributed by atoms with Crippen LogP contribution >= 0.6 is 11.3 Å². The second-order valence-electron chi connectivity index (χ2n) is 8.80. The lowest BCUT2D eigenvalue weighted by Crippen LogP contribution is -2.35. The van der Waals surface area contributed by atoms with Crippen LogP contribution in [0, 0.1) is 0 Å². The van der Waals surface area contributed by atoms with E-state index in [1.807, 2.05) is 37.5 Å². The number of Topliss-reactive ketones (excluding diaryl/α,β-unsaturated/α-hetero) is 1. The molecule has 4 heterocycles. The van der Waals surface area contributed by atoms with Gasteiger partial charge < -0.3 is 9.47 Å². The number of nitrogens with zero attached hydrogens (tertiary/aromatic N) is 4. The predicted molar refractivity (Wildman–Crippen MR) is 129 cm³/mol. The molecule has 0 spiro atoms. The van der Waals surface area contributed by atoms with E-state index < -0.39 is 0 Å². The Bertz CT molecular complexity index is 1220. The molecule has 1 aromatic carbocycles. The molecule has 0 saturated carbocycles. The molecule has 6 nitrogen and oxygen atoms in total. The molecule has 0 aliphatic carbocycles. The molecule has 5 rings (SSSR count). The van der Waals surface area contributed by atoms with Crippen LogP contribution in [0.5, 0.6) is 0 Å². The Morgan fingerprint density at radius 2 is 1.97 bits per heavy atom. The van der Waals surface area contributed by atoms with Crippen LogP contribution in [0.15, 0.2) is 41.3 Å². The predicted octanol–water partition coefficient (Wildman–Crippen LogP) is 3.87. The monoisotopic (exact) mass is 448 g/mol. The van der Waals surface area contributed by atoms with Gasteiger partial charge in [-0.25, -0.2) is 4.98 Å². The van der Waals surface area contributed by atoms with Crippen molar-refractivity contribution < 1.29 is 4.79 Å². The van der Waals surface area contributed by atoms with Crippen LogP contribution in [0.1, 0.15) is 46.3 Å². The molecule has 0 amide bonds. The summed E-state index contributed by atoms with van der Waals surface area (Å²) in [6.07, 6.45) is 5.39. The Hall–Kier alpha value is -2.77. The fourth-order valence-corrected chi connectivity index (χ4v) is 5.78. The van der Waals surface area contributed by atoms with Crippen molar-refractivity contribution >= 4 is 22.3 Å². The number of ketones is 1. The molecule has 0 radical (unpaired) electrons. The van der Waals surface area contributed by atoms with Crippen molar-refractivity contribution in [2.24, 2.45) is 7.05 Å². The summed E-state index contributed by atoms with van der Waals surface area (Å²) < 4.78 is 1.79. The highest BCUT2D eigenvalue weighted by atomic mass is 32.1. The number of thiazole rings is 1. The van der Waals surface area contributed by atoms with E-state index in [4.69, 9.17) is 0 Å². The van der Waals surface area contributed by atoms with Crippen LogP contribution < -0.4 is 10.5 Å². The molecule has 0 atom stereocenters. The third-order valence-corrected chi connectivity index (χ3v) is 7.61. The molecule has 166 valence electrons. The third kappa shape index (κ3) is 4.02. The Morgan fingerprint density at radius 3 is 2.75 bits per heavy atom. The summed E-state index contributed by atoms with van der Waals surface area (Å²) >= 11 is 1.80. The lowest BCUT2D eigenvalue weighted by molar-refractivity contribution is 0.101. The highest BCUT2D eigenvalue weighted by Crippen LogP contribution is 2.29. The smallest absolute Gasteiger partial charge is 0.258 e. The van der Waals surface area contributed by atoms with Crippen LogP contribution in [0.25, 0.3) is 11.1 Å². The Morgan fingerprint density at radius 1 is 1.16 bits per heavy atom. The van der Waals surface area contributed by atoms with E-state index in [0.29, 0.717) is 11.1 Å². The Balaban J connectivity index is 1.40. The van der Waals surface area contributed by atoms with Gasteiger partial charge in [-0.2, -0.15) is 0 Å². The molecule has 3 aromatic rings. The van der Waals surface area contributed by atoms with Gasteiger partial charge in [0.1, 0.15) is 0 Å². The molecule has 2 aliphatic heterocycles. The summed E-state index contributed by atoms with van der Waals surface area (Å²) in [6, 6.07) is 9.41. The minimum absolute atomic E-state index is 0.00406. The number of hydrogen-bond donors (Lipinski definition) is 0. The van der Waals surface area contributed by atoms with Gasteiger partial charge in [0, 0.05) is 74.1 Å². The van der Waals surface area contributed by atoms with Crippen LogP contribution in [0.2, 0.25) is 0 Å². The summed E-state index contributed by atoms with van der Waals surface area (Å²) in [5.74, 6) is 0.00525. The van der Waals surface area contributed by atoms with E-state index in [1.54, 1.807) is 28.9 Å². The van der Waals surface area contributed by atoms with Gasteiger partial charge in [-0.1, -0.05) is 18.2 Å². The molecule has 1 saturated heterocycles. The summed E-state index contributed by atoms with van der Waals surface area (Å²) in [4.78, 5) is 35.7. The number of hydrogen-bond acceptors (Lipinski definition) is 6. The highest BCUT2D eigenvalue weighted by molar-refractivity contribution is 7.15. The van der Waals surface area contributed by atoms with Crippen molar-refractivity contribution in [2.75, 3.05) is 24.5 Å². The Kier molecular flexibility index (Phi) is 5.69. The van der Waals surface area contributed by atoms with Crippen LogP contribution in [0.4, 0.5) is 5.13 Å². The van der Waals surface area contributed by atoms with Gasteiger partial charge in [0.05, 0.1) is 0 Å². The standard InChI is InChI=1S/C25H28N4O2S/c1-17(30)18-6-5-7-19(12-18)22-13-20-15-28(11-8-23(20)27(2)24(22)31)16-21-14-26-25(32-21)29-9-3-4-10-29/h5-7,12-14H,3-4,8-11,15-16H2,1-2H3. The Labute approximate surface area is 192 Å². The second-order valence-corrected chi connectivity index (χ2v) is 9.89. The number of carbonyl (C=O) groups excluding carboxylic acids is 1. The first-order valence-electron chi connectivity index (χ1n) is 11.2. The SMILES string of the molecule is CC(=O)c1cccc(-c2cc3c(n(C)c2=O)CCN(Cc2cnc(N4CCCC4)s2)C3)c1. The molecular weight excluding hydrogens is 420 g/mol. The fourth-order valence-electron chi connectivity index (χ4n) is 4.78. The zero-order chi connectivity index (χ0) is 22.2. The topological polar surface area (TPSA) is 58.4 Å². The average Bonchev–Trinajstić information content (AvgIpc) is 3.48. The first kappa shape index (κ1) is 21.1. The highest BCUT2D eigenvalue weighted by Gasteiger charge is 2.23. The summed E-state index contributed by atoms with van der Waals surface area (Å²) in [6.45, 7) is 6.40. The average molecular weight is 449 g/mol. The molecule has 7 heteroatoms. The van der Waals surface area contributed by atoms with Crippen LogP contribution in [0.3, 0.4) is 0 Å². The molecule has 2 aliphatic rings. The van der Waals surface area contributed by atoms with Crippen molar-refractivity contribution in [2.45, 2.75) is 39.3 Å². The first-order valence-corrected chi connectivity index (χ1v) is 12.1. The quantitative estimate of drug-likeness (QED) is 0.555. The zero-order valence-electron chi connectivity index (χ0n) is 18.6. The van der Waals surface area contributed by atoms with Crippen molar-refractivity contribution in [3.8, 4) is 11.1 Å². The van der Waals surface area contributed by atoms with E-state index >= 15 is 0 Å². The van der Waals surface area contributed by atoms with Crippen molar-refractivity contribution in [1.29, 1.82) is 0 Å². The van der Waals surface area contributed by atoms with E-state index in [9.17, 15) is 9.59 Å². The summed E-state index contributed by atoms with van der Waals surface area (Å²) in [5.41, 5.74) is 4.38. The minimum Gasteiger partial charge on any atom is -0.348 e. The maximum absolute atomic E-state index is 13.1. The zero-order valence-corrected chi connectivity index (χ0v) is 19.5. The number of rotatable bonds is 5. The van der Waals surface area contributed by atoms with Crippen molar-refractivity contribution in [3.63, 3.8) is 0 Å². The van der Waals surface area contributed by atoms with Crippen LogP contribution in [-0.2, 0) is 26.6 Å². The van der Waals surface area contributed by atoms with E-state index in [2.05, 4.69) is 14.8 Å². The van der Waals surface area contributed by atoms with E-state index in [-0.39, 0.29) is 11.3 Å². The maximum atomic E-state index is 13.1. The van der Waals surface area contributed by atoms with Gasteiger partial charge in [0.25, 0.3) is 5.56 Å². The maximum Gasteiger partial charge on any atom is 0.258 e. The van der Waals surface area contributed by atoms with Gasteiger partial charge in [-0.15, -0.1) is 11.3 Å². The van der Waals surface area contributed by atoms with Crippen molar-refractivity contribution in [3.05, 3.63) is 68.6 Å². The second kappa shape index (κ2) is 8.64. The molecule has 1 fully saturated rings. The molecule has 0 unspecified atom stereocenters. The van der Waals surface area contributed by atoms with Gasteiger partial charge >= 0.3 is 0 Å². The number of aromatic nitrogens is 2. The molecular formula is C25H28N4O2S. The first-order chi connectivity index (χ1) is 15.5. The molecule has 2 aromatic heterocycles. The lowest BCUT2D eigenvalue weighted by Gasteiger charge is -2.30. The summed E-state index contributed by atoms with van der Waals surface area (Å²) in [7, 11) is 1.86. The van der Waals surface area contributed by atoms with Crippen LogP contribution in [-0.4, -0.2) is 39.9 Å². The third-order valence-electron chi connectivity index (χ3n) is 6.57. The van der Waals surface area contributed by atoms with Crippen molar-refractivity contribution in [1.82, 2.24) is 14.5 Å². The number of benzene rings is 1. The number of pyridine rings is 1. The lowest BCUT2D eigenvalue weighted by atomic mass is 9.97. The normalized spacial score (nSPS) is 16.4. The summed E-state index contributed by atoms with van der Waals surface area (Å²) in [5, 5.41) is 1.14. The number of fused-ring (bicyclic) bond motifs is 1. The molecule has 32 heavy (non-hydrogen) atoms. The minimum atomic E-state index is -0.00406. The van der Waals surface area contributed by atoms with E-state index in [1.165, 1.54) is 23.3 Å². The van der Waals surface area contributed by atoms with Gasteiger partial charge in [-0.3, -0.25) is 14.5 Å². The van der Waals surface area contributed by atoms with E-state index in [0.717, 1.165) is 55.5 Å². The van der Waals surface area contributed by atoms with Gasteiger partial charge in [0.15, 0.2) is 10.9 Å². The van der Waals surface area contributed by atoms with Gasteiger partial charge in [-0.05, 0) is 43.0 Å². The molecule has 0 N–H and O–H groups in total.